The molecule has 2 atom stereocenters. The molecule has 0 aliphatic heterocycles. The minimum Gasteiger partial charge on any atom is -0.392 e. The van der Waals surface area contributed by atoms with Crippen molar-refractivity contribution in [2.45, 2.75) is 31.4 Å². The van der Waals surface area contributed by atoms with Gasteiger partial charge >= 0.3 is 0 Å². The zero-order valence-electron chi connectivity index (χ0n) is 13.4. The molecule has 2 unspecified atom stereocenters. The van der Waals surface area contributed by atoms with Gasteiger partial charge in [0.25, 0.3) is 5.56 Å². The Kier molecular flexibility index (Phi) is 4.82. The molecule has 1 amide bonds. The highest BCUT2D eigenvalue weighted by molar-refractivity contribution is 6.30. The lowest BCUT2D eigenvalue weighted by Gasteiger charge is -2.10. The Morgan fingerprint density at radius 2 is 2.24 bits per heavy atom. The van der Waals surface area contributed by atoms with E-state index in [1.54, 1.807) is 6.20 Å². The number of aromatic nitrogens is 3. The highest BCUT2D eigenvalue weighted by Gasteiger charge is 2.40. The Morgan fingerprint density at radius 1 is 1.48 bits per heavy atom. The highest BCUT2D eigenvalue weighted by Crippen LogP contribution is 2.40. The smallest absolute Gasteiger partial charge is 0.270 e. The molecule has 9 heteroatoms. The Labute approximate surface area is 147 Å². The molecule has 1 aliphatic rings. The molecule has 2 heterocycles. The molecule has 1 fully saturated rings. The fraction of sp³-hybridized carbons (Fsp3) is 0.375. The van der Waals surface area contributed by atoms with Crippen LogP contribution in [0.25, 0.3) is 0 Å². The third-order valence-electron chi connectivity index (χ3n) is 4.19. The number of hydrogen-bond acceptors (Lipinski definition) is 5. The summed E-state index contributed by atoms with van der Waals surface area (Å²) in [4.78, 5) is 28.2. The third-order valence-corrected chi connectivity index (χ3v) is 4.49. The average molecular weight is 367 g/mol. The summed E-state index contributed by atoms with van der Waals surface area (Å²) in [5.74, 6) is -0.781. The van der Waals surface area contributed by atoms with Crippen molar-refractivity contribution in [3.63, 3.8) is 0 Å². The van der Waals surface area contributed by atoms with Gasteiger partial charge in [0.05, 0.1) is 19.2 Å². The summed E-state index contributed by atoms with van der Waals surface area (Å²) in [6, 6.07) is 1.27. The molecule has 1 saturated carbocycles. The number of amides is 1. The lowest BCUT2D eigenvalue weighted by atomic mass is 10.1. The summed E-state index contributed by atoms with van der Waals surface area (Å²) in [6.45, 7) is -0.481. The second kappa shape index (κ2) is 6.89. The van der Waals surface area contributed by atoms with Gasteiger partial charge in [-0.05, 0) is 18.1 Å². The van der Waals surface area contributed by atoms with E-state index in [1.165, 1.54) is 13.1 Å². The van der Waals surface area contributed by atoms with Crippen molar-refractivity contribution in [2.24, 2.45) is 7.05 Å². The second-order valence-corrected chi connectivity index (χ2v) is 6.32. The van der Waals surface area contributed by atoms with Crippen molar-refractivity contribution in [3.05, 3.63) is 56.5 Å². The Bertz CT molecular complexity index is 886. The van der Waals surface area contributed by atoms with Crippen molar-refractivity contribution in [1.82, 2.24) is 20.1 Å². The van der Waals surface area contributed by atoms with Gasteiger partial charge < -0.3 is 10.4 Å². The number of carbonyl (C=O) groups excluding carboxylic acids is 1. The monoisotopic (exact) mass is 366 g/mol. The van der Waals surface area contributed by atoms with Crippen molar-refractivity contribution in [1.29, 1.82) is 0 Å². The van der Waals surface area contributed by atoms with E-state index in [2.05, 4.69) is 15.4 Å². The lowest BCUT2D eigenvalue weighted by Crippen LogP contribution is -2.33. The first kappa shape index (κ1) is 17.5. The summed E-state index contributed by atoms with van der Waals surface area (Å²) in [5, 5.41) is 16.0. The van der Waals surface area contributed by atoms with Crippen LogP contribution in [0.1, 0.15) is 29.0 Å². The zero-order chi connectivity index (χ0) is 18.1. The Hall–Kier alpha value is -2.32. The maximum absolute atomic E-state index is 13.2. The fourth-order valence-electron chi connectivity index (χ4n) is 2.80. The van der Waals surface area contributed by atoms with E-state index in [0.717, 1.165) is 16.4 Å². The van der Waals surface area contributed by atoms with E-state index in [4.69, 9.17) is 11.6 Å². The summed E-state index contributed by atoms with van der Waals surface area (Å²) in [5.41, 5.74) is 0.517. The summed E-state index contributed by atoms with van der Waals surface area (Å²) < 4.78 is 14.2. The molecule has 0 saturated heterocycles. The summed E-state index contributed by atoms with van der Waals surface area (Å²) in [6.07, 6.45) is 3.16. The number of nitrogens with zero attached hydrogens (tertiary/aromatic N) is 3. The minimum atomic E-state index is -0.481. The first-order chi connectivity index (χ1) is 11.9. The van der Waals surface area contributed by atoms with Crippen LogP contribution < -0.4 is 10.9 Å². The van der Waals surface area contributed by atoms with E-state index in [-0.39, 0.29) is 40.6 Å². The molecule has 25 heavy (non-hydrogen) atoms. The first-order valence-electron chi connectivity index (χ1n) is 7.66. The van der Waals surface area contributed by atoms with E-state index in [1.807, 2.05) is 0 Å². The predicted molar refractivity (Wildman–Crippen MR) is 87.6 cm³/mol. The molecule has 0 spiro atoms. The fourth-order valence-corrected chi connectivity index (χ4v) is 3.09. The molecule has 0 radical (unpaired) electrons. The van der Waals surface area contributed by atoms with Crippen LogP contribution in [0.5, 0.6) is 0 Å². The number of aliphatic hydroxyl groups excluding tert-OH is 1. The largest absolute Gasteiger partial charge is 0.392 e. The van der Waals surface area contributed by atoms with Crippen molar-refractivity contribution < 1.29 is 14.3 Å². The minimum absolute atomic E-state index is 0.00771. The maximum Gasteiger partial charge on any atom is 0.270 e. The molecule has 0 bridgehead atoms. The van der Waals surface area contributed by atoms with Crippen LogP contribution in [0.4, 0.5) is 4.39 Å². The molecular formula is C16H16ClFN4O3. The van der Waals surface area contributed by atoms with Crippen LogP contribution in [0.15, 0.2) is 23.3 Å². The standard InChI is InChI=1S/C16H16ClFN4O3/c1-22-16(25)11(12(7-23)15(17)21-22)4-14(24)20-13-3-10(13)8-2-9(18)6-19-5-8/h2,5-6,10,13,23H,3-4,7H2,1H3,(H,20,24). The number of rotatable bonds is 5. The number of pyridine rings is 1. The number of aliphatic hydroxyl groups is 1. The molecule has 2 N–H and O–H groups in total. The number of hydrogen-bond donors (Lipinski definition) is 2. The zero-order valence-corrected chi connectivity index (χ0v) is 14.1. The molecule has 2 aromatic heterocycles. The Morgan fingerprint density at radius 3 is 2.92 bits per heavy atom. The van der Waals surface area contributed by atoms with E-state index < -0.39 is 18.0 Å². The molecule has 3 rings (SSSR count). The Balaban J connectivity index is 1.70. The topological polar surface area (TPSA) is 97.1 Å². The molecular weight excluding hydrogens is 351 g/mol. The molecule has 132 valence electrons. The number of carbonyl (C=O) groups is 1. The van der Waals surface area contributed by atoms with Gasteiger partial charge in [0.15, 0.2) is 5.15 Å². The quantitative estimate of drug-likeness (QED) is 0.811. The van der Waals surface area contributed by atoms with Crippen LogP contribution in [-0.4, -0.2) is 31.8 Å². The van der Waals surface area contributed by atoms with Gasteiger partial charge in [-0.2, -0.15) is 5.10 Å². The van der Waals surface area contributed by atoms with E-state index >= 15 is 0 Å². The van der Waals surface area contributed by atoms with Gasteiger partial charge in [-0.3, -0.25) is 14.6 Å². The van der Waals surface area contributed by atoms with Gasteiger partial charge in [-0.25, -0.2) is 9.07 Å². The van der Waals surface area contributed by atoms with E-state index in [0.29, 0.717) is 6.42 Å². The maximum atomic E-state index is 13.2. The molecule has 1 aliphatic carbocycles. The first-order valence-corrected chi connectivity index (χ1v) is 8.03. The normalized spacial score (nSPS) is 18.9. The predicted octanol–water partition coefficient (Wildman–Crippen LogP) is 0.675. The number of nitrogens with one attached hydrogen (secondary N) is 1. The van der Waals surface area contributed by atoms with Gasteiger partial charge in [0, 0.05) is 36.3 Å². The van der Waals surface area contributed by atoms with Gasteiger partial charge in [0.1, 0.15) is 5.82 Å². The second-order valence-electron chi connectivity index (χ2n) is 5.96. The van der Waals surface area contributed by atoms with Gasteiger partial charge in [0.2, 0.25) is 5.91 Å². The van der Waals surface area contributed by atoms with Gasteiger partial charge in [-0.15, -0.1) is 0 Å². The lowest BCUT2D eigenvalue weighted by molar-refractivity contribution is -0.120. The molecule has 7 nitrogen and oxygen atoms in total. The van der Waals surface area contributed by atoms with Crippen molar-refractivity contribution in [3.8, 4) is 0 Å². The third kappa shape index (κ3) is 3.69. The van der Waals surface area contributed by atoms with Crippen LogP contribution in [0.2, 0.25) is 5.15 Å². The van der Waals surface area contributed by atoms with Crippen LogP contribution in [0, 0.1) is 5.82 Å². The van der Waals surface area contributed by atoms with E-state index in [9.17, 15) is 19.1 Å². The van der Waals surface area contributed by atoms with Crippen LogP contribution in [-0.2, 0) is 24.9 Å². The molecule has 0 aromatic carbocycles. The number of halogens is 2. The van der Waals surface area contributed by atoms with Gasteiger partial charge in [-0.1, -0.05) is 11.6 Å². The average Bonchev–Trinajstić information content (AvgIpc) is 3.31. The van der Waals surface area contributed by atoms with Crippen molar-refractivity contribution >= 4 is 17.5 Å². The molecule has 2 aromatic rings. The van der Waals surface area contributed by atoms with Crippen molar-refractivity contribution in [2.75, 3.05) is 0 Å². The highest BCUT2D eigenvalue weighted by atomic mass is 35.5. The summed E-state index contributed by atoms with van der Waals surface area (Å²) >= 11 is 5.92. The van der Waals surface area contributed by atoms with Crippen LogP contribution in [0.3, 0.4) is 0 Å². The summed E-state index contributed by atoms with van der Waals surface area (Å²) in [7, 11) is 1.42. The number of aryl methyl sites for hydroxylation is 1. The SMILES string of the molecule is Cn1nc(Cl)c(CO)c(CC(=O)NC2CC2c2cncc(F)c2)c1=O. The van der Waals surface area contributed by atoms with Crippen LogP contribution >= 0.6 is 11.6 Å².